The SMILES string of the molecule is CC(C)OCc1cccc(CNC(=O)OC(C)(C)C)c1. The molecule has 0 bridgehead atoms. The maximum Gasteiger partial charge on any atom is 0.407 e. The summed E-state index contributed by atoms with van der Waals surface area (Å²) in [6.45, 7) is 10.6. The number of alkyl carbamates (subject to hydrolysis) is 1. The Balaban J connectivity index is 2.48. The molecule has 0 aliphatic carbocycles. The zero-order chi connectivity index (χ0) is 15.2. The lowest BCUT2D eigenvalue weighted by Gasteiger charge is -2.19. The second-order valence-corrected chi connectivity index (χ2v) is 6.04. The van der Waals surface area contributed by atoms with Gasteiger partial charge >= 0.3 is 6.09 Å². The molecule has 0 radical (unpaired) electrons. The van der Waals surface area contributed by atoms with Crippen LogP contribution >= 0.6 is 0 Å². The molecule has 0 fully saturated rings. The van der Waals surface area contributed by atoms with Gasteiger partial charge in [-0.15, -0.1) is 0 Å². The predicted molar refractivity (Wildman–Crippen MR) is 79.4 cm³/mol. The number of carbonyl (C=O) groups excluding carboxylic acids is 1. The Bertz CT molecular complexity index is 436. The van der Waals surface area contributed by atoms with Crippen molar-refractivity contribution in [3.05, 3.63) is 35.4 Å². The molecule has 112 valence electrons. The molecule has 1 N–H and O–H groups in total. The third-order valence-corrected chi connectivity index (χ3v) is 2.41. The number of hydrogen-bond donors (Lipinski definition) is 1. The monoisotopic (exact) mass is 279 g/mol. The molecular formula is C16H25NO3. The number of benzene rings is 1. The molecule has 1 amide bonds. The topological polar surface area (TPSA) is 47.6 Å². The van der Waals surface area contributed by atoms with Crippen molar-refractivity contribution in [3.63, 3.8) is 0 Å². The smallest absolute Gasteiger partial charge is 0.407 e. The van der Waals surface area contributed by atoms with Gasteiger partial charge in [-0.05, 0) is 45.7 Å². The van der Waals surface area contributed by atoms with Crippen LogP contribution in [0.25, 0.3) is 0 Å². The molecule has 0 aliphatic rings. The van der Waals surface area contributed by atoms with E-state index in [1.807, 2.05) is 58.9 Å². The molecule has 0 aromatic heterocycles. The van der Waals surface area contributed by atoms with Gasteiger partial charge in [0.2, 0.25) is 0 Å². The largest absolute Gasteiger partial charge is 0.444 e. The molecule has 0 spiro atoms. The normalized spacial score (nSPS) is 11.5. The Morgan fingerprint density at radius 3 is 2.50 bits per heavy atom. The predicted octanol–water partition coefficient (Wildman–Crippen LogP) is 3.64. The Morgan fingerprint density at radius 1 is 1.25 bits per heavy atom. The second-order valence-electron chi connectivity index (χ2n) is 6.04. The number of ether oxygens (including phenoxy) is 2. The van der Waals surface area contributed by atoms with Gasteiger partial charge in [0.25, 0.3) is 0 Å². The van der Waals surface area contributed by atoms with Gasteiger partial charge in [0.1, 0.15) is 5.60 Å². The van der Waals surface area contributed by atoms with E-state index in [1.54, 1.807) is 0 Å². The summed E-state index contributed by atoms with van der Waals surface area (Å²) in [7, 11) is 0. The first-order chi connectivity index (χ1) is 9.26. The highest BCUT2D eigenvalue weighted by Crippen LogP contribution is 2.09. The first-order valence-corrected chi connectivity index (χ1v) is 6.92. The summed E-state index contributed by atoms with van der Waals surface area (Å²) in [4.78, 5) is 11.6. The molecule has 0 saturated carbocycles. The van der Waals surface area contributed by atoms with Crippen LogP contribution in [-0.2, 0) is 22.6 Å². The number of nitrogens with one attached hydrogen (secondary N) is 1. The van der Waals surface area contributed by atoms with Crippen LogP contribution in [0.4, 0.5) is 4.79 Å². The van der Waals surface area contributed by atoms with Crippen LogP contribution in [0, 0.1) is 0 Å². The zero-order valence-corrected chi connectivity index (χ0v) is 13.0. The van der Waals surface area contributed by atoms with Crippen molar-refractivity contribution in [2.24, 2.45) is 0 Å². The van der Waals surface area contributed by atoms with Gasteiger partial charge in [-0.3, -0.25) is 0 Å². The maximum atomic E-state index is 11.6. The van der Waals surface area contributed by atoms with Crippen LogP contribution in [-0.4, -0.2) is 17.8 Å². The van der Waals surface area contributed by atoms with Crippen molar-refractivity contribution in [3.8, 4) is 0 Å². The van der Waals surface area contributed by atoms with Crippen molar-refractivity contribution >= 4 is 6.09 Å². The van der Waals surface area contributed by atoms with Crippen LogP contribution in [0.1, 0.15) is 45.7 Å². The van der Waals surface area contributed by atoms with Gasteiger partial charge in [0, 0.05) is 6.54 Å². The molecule has 0 unspecified atom stereocenters. The first kappa shape index (κ1) is 16.5. The van der Waals surface area contributed by atoms with Gasteiger partial charge in [-0.25, -0.2) is 4.79 Å². The fourth-order valence-corrected chi connectivity index (χ4v) is 1.58. The van der Waals surface area contributed by atoms with E-state index in [-0.39, 0.29) is 6.10 Å². The lowest BCUT2D eigenvalue weighted by molar-refractivity contribution is 0.0523. The van der Waals surface area contributed by atoms with E-state index < -0.39 is 11.7 Å². The number of hydrogen-bond acceptors (Lipinski definition) is 3. The fourth-order valence-electron chi connectivity index (χ4n) is 1.58. The molecule has 4 nitrogen and oxygen atoms in total. The average molecular weight is 279 g/mol. The highest BCUT2D eigenvalue weighted by Gasteiger charge is 2.15. The summed E-state index contributed by atoms with van der Waals surface area (Å²) in [6.07, 6.45) is -0.195. The van der Waals surface area contributed by atoms with Gasteiger partial charge in [-0.1, -0.05) is 24.3 Å². The second kappa shape index (κ2) is 7.29. The molecular weight excluding hydrogens is 254 g/mol. The highest BCUT2D eigenvalue weighted by atomic mass is 16.6. The summed E-state index contributed by atoms with van der Waals surface area (Å²) < 4.78 is 10.8. The van der Waals surface area contributed by atoms with Crippen LogP contribution in [0.3, 0.4) is 0 Å². The molecule has 20 heavy (non-hydrogen) atoms. The van der Waals surface area contributed by atoms with E-state index >= 15 is 0 Å². The summed E-state index contributed by atoms with van der Waals surface area (Å²) in [5.74, 6) is 0. The van der Waals surface area contributed by atoms with Crippen LogP contribution in [0.5, 0.6) is 0 Å². The van der Waals surface area contributed by atoms with Gasteiger partial charge in [0.05, 0.1) is 12.7 Å². The number of rotatable bonds is 5. The quantitative estimate of drug-likeness (QED) is 0.895. The molecule has 0 heterocycles. The Hall–Kier alpha value is -1.55. The summed E-state index contributed by atoms with van der Waals surface area (Å²) in [5.41, 5.74) is 1.65. The number of carbonyl (C=O) groups is 1. The van der Waals surface area contributed by atoms with E-state index in [0.717, 1.165) is 11.1 Å². The van der Waals surface area contributed by atoms with Crippen molar-refractivity contribution in [1.82, 2.24) is 5.32 Å². The van der Waals surface area contributed by atoms with E-state index in [4.69, 9.17) is 9.47 Å². The minimum absolute atomic E-state index is 0.207. The minimum Gasteiger partial charge on any atom is -0.444 e. The molecule has 0 atom stereocenters. The molecule has 0 aliphatic heterocycles. The van der Waals surface area contributed by atoms with Crippen molar-refractivity contribution < 1.29 is 14.3 Å². The standard InChI is InChI=1S/C16H25NO3/c1-12(2)19-11-14-8-6-7-13(9-14)10-17-15(18)20-16(3,4)5/h6-9,12H,10-11H2,1-5H3,(H,17,18). The molecule has 1 rings (SSSR count). The van der Waals surface area contributed by atoms with Crippen LogP contribution < -0.4 is 5.32 Å². The van der Waals surface area contributed by atoms with E-state index in [9.17, 15) is 4.79 Å². The first-order valence-electron chi connectivity index (χ1n) is 6.92. The molecule has 1 aromatic carbocycles. The lowest BCUT2D eigenvalue weighted by atomic mass is 10.1. The van der Waals surface area contributed by atoms with Gasteiger partial charge in [-0.2, -0.15) is 0 Å². The van der Waals surface area contributed by atoms with E-state index in [2.05, 4.69) is 5.32 Å². The van der Waals surface area contributed by atoms with Crippen LogP contribution in [0.2, 0.25) is 0 Å². The summed E-state index contributed by atoms with van der Waals surface area (Å²) in [5, 5.41) is 2.75. The third kappa shape index (κ3) is 7.14. The third-order valence-electron chi connectivity index (χ3n) is 2.41. The molecule has 4 heteroatoms. The molecule has 1 aromatic rings. The maximum absolute atomic E-state index is 11.6. The van der Waals surface area contributed by atoms with Crippen molar-refractivity contribution in [1.29, 1.82) is 0 Å². The van der Waals surface area contributed by atoms with Crippen LogP contribution in [0.15, 0.2) is 24.3 Å². The van der Waals surface area contributed by atoms with E-state index in [0.29, 0.717) is 13.2 Å². The average Bonchev–Trinajstić information content (AvgIpc) is 2.32. The van der Waals surface area contributed by atoms with Crippen molar-refractivity contribution in [2.45, 2.75) is 59.5 Å². The number of amides is 1. The van der Waals surface area contributed by atoms with Gasteiger partial charge < -0.3 is 14.8 Å². The Kier molecular flexibility index (Phi) is 6.02. The summed E-state index contributed by atoms with van der Waals surface area (Å²) in [6, 6.07) is 7.97. The Morgan fingerprint density at radius 2 is 1.90 bits per heavy atom. The highest BCUT2D eigenvalue weighted by molar-refractivity contribution is 5.67. The lowest BCUT2D eigenvalue weighted by Crippen LogP contribution is -2.32. The van der Waals surface area contributed by atoms with Crippen molar-refractivity contribution in [2.75, 3.05) is 0 Å². The minimum atomic E-state index is -0.475. The van der Waals surface area contributed by atoms with Gasteiger partial charge in [0.15, 0.2) is 0 Å². The molecule has 0 saturated heterocycles. The Labute approximate surface area is 121 Å². The zero-order valence-electron chi connectivity index (χ0n) is 13.0. The fraction of sp³-hybridized carbons (Fsp3) is 0.562. The van der Waals surface area contributed by atoms with E-state index in [1.165, 1.54) is 0 Å². The summed E-state index contributed by atoms with van der Waals surface area (Å²) >= 11 is 0.